The Bertz CT molecular complexity index is 901. The minimum Gasteiger partial charge on any atom is -0.463 e. The smallest absolute Gasteiger partial charge is 0.357 e. The van der Waals surface area contributed by atoms with E-state index in [1.165, 1.54) is 6.20 Å². The second-order valence-electron chi connectivity index (χ2n) is 5.44. The molecule has 1 aromatic carbocycles. The molecular weight excluding hydrogens is 338 g/mol. The average Bonchev–Trinajstić information content (AvgIpc) is 2.66. The Morgan fingerprint density at radius 1 is 1.15 bits per heavy atom. The molecule has 0 spiro atoms. The van der Waals surface area contributed by atoms with Crippen LogP contribution in [-0.4, -0.2) is 42.7 Å². The van der Waals surface area contributed by atoms with E-state index in [2.05, 4.69) is 15.6 Å². The Morgan fingerprint density at radius 2 is 1.96 bits per heavy atom. The minimum atomic E-state index is -0.648. The van der Waals surface area contributed by atoms with Crippen molar-refractivity contribution < 1.29 is 23.9 Å². The van der Waals surface area contributed by atoms with Gasteiger partial charge in [-0.15, -0.1) is 0 Å². The first-order valence-electron chi connectivity index (χ1n) is 8.05. The number of carbonyl (C=O) groups excluding carboxylic acids is 3. The fourth-order valence-corrected chi connectivity index (χ4v) is 2.56. The quantitative estimate of drug-likeness (QED) is 0.788. The summed E-state index contributed by atoms with van der Waals surface area (Å²) in [5, 5.41) is 6.48. The van der Waals surface area contributed by atoms with Crippen molar-refractivity contribution in [1.82, 2.24) is 15.6 Å². The highest BCUT2D eigenvalue weighted by atomic mass is 16.5. The Labute approximate surface area is 149 Å². The average molecular weight is 355 g/mol. The summed E-state index contributed by atoms with van der Waals surface area (Å²) in [7, 11) is 0. The van der Waals surface area contributed by atoms with Gasteiger partial charge in [-0.3, -0.25) is 0 Å². The van der Waals surface area contributed by atoms with Gasteiger partial charge >= 0.3 is 18.0 Å². The summed E-state index contributed by atoms with van der Waals surface area (Å²) < 4.78 is 10.2. The molecule has 1 aliphatic rings. The largest absolute Gasteiger partial charge is 0.463 e. The molecule has 0 bridgehead atoms. The van der Waals surface area contributed by atoms with E-state index in [1.807, 2.05) is 12.1 Å². The molecule has 2 N–H and O–H groups in total. The van der Waals surface area contributed by atoms with Crippen LogP contribution >= 0.6 is 0 Å². The van der Waals surface area contributed by atoms with Crippen LogP contribution in [0.3, 0.4) is 0 Å². The van der Waals surface area contributed by atoms with Gasteiger partial charge in [0.25, 0.3) is 0 Å². The zero-order chi connectivity index (χ0) is 18.5. The summed E-state index contributed by atoms with van der Waals surface area (Å²) in [6.45, 7) is 1.61. The SMILES string of the molecule is CCOC(=O)C1=C(COC(=O)c2nccc3ccccc23)NC(=O)NC1. The van der Waals surface area contributed by atoms with Gasteiger partial charge in [-0.05, 0) is 18.4 Å². The number of benzene rings is 1. The molecule has 0 unspecified atom stereocenters. The monoisotopic (exact) mass is 355 g/mol. The van der Waals surface area contributed by atoms with Crippen molar-refractivity contribution in [2.45, 2.75) is 6.92 Å². The van der Waals surface area contributed by atoms with Gasteiger partial charge in [-0.25, -0.2) is 19.4 Å². The first kappa shape index (κ1) is 17.4. The van der Waals surface area contributed by atoms with Crippen molar-refractivity contribution in [3.05, 3.63) is 53.5 Å². The molecule has 0 fully saturated rings. The highest BCUT2D eigenvalue weighted by molar-refractivity contribution is 6.02. The maximum atomic E-state index is 12.4. The van der Waals surface area contributed by atoms with Crippen molar-refractivity contribution in [3.8, 4) is 0 Å². The maximum absolute atomic E-state index is 12.4. The van der Waals surface area contributed by atoms with Gasteiger partial charge in [0.2, 0.25) is 0 Å². The molecular formula is C18H17N3O5. The Balaban J connectivity index is 1.80. The summed E-state index contributed by atoms with van der Waals surface area (Å²) in [4.78, 5) is 40.0. The van der Waals surface area contributed by atoms with Crippen molar-refractivity contribution in [3.63, 3.8) is 0 Å². The van der Waals surface area contributed by atoms with Gasteiger partial charge in [0, 0.05) is 11.6 Å². The van der Waals surface area contributed by atoms with E-state index >= 15 is 0 Å². The lowest BCUT2D eigenvalue weighted by Crippen LogP contribution is -2.45. The van der Waals surface area contributed by atoms with Crippen LogP contribution in [0.1, 0.15) is 17.4 Å². The first-order chi connectivity index (χ1) is 12.6. The van der Waals surface area contributed by atoms with Crippen LogP contribution in [0.2, 0.25) is 0 Å². The predicted molar refractivity (Wildman–Crippen MR) is 92.2 cm³/mol. The van der Waals surface area contributed by atoms with E-state index in [0.29, 0.717) is 5.39 Å². The highest BCUT2D eigenvalue weighted by Gasteiger charge is 2.25. The molecule has 0 aliphatic carbocycles. The van der Waals surface area contributed by atoms with Gasteiger partial charge in [-0.1, -0.05) is 24.3 Å². The number of hydrogen-bond donors (Lipinski definition) is 2. The number of urea groups is 1. The number of carbonyl (C=O) groups is 3. The number of hydrogen-bond acceptors (Lipinski definition) is 6. The van der Waals surface area contributed by atoms with Crippen molar-refractivity contribution in [2.75, 3.05) is 19.8 Å². The third-order valence-corrected chi connectivity index (χ3v) is 3.79. The molecule has 0 saturated heterocycles. The van der Waals surface area contributed by atoms with Crippen LogP contribution in [0.5, 0.6) is 0 Å². The van der Waals surface area contributed by atoms with E-state index in [9.17, 15) is 14.4 Å². The molecule has 134 valence electrons. The van der Waals surface area contributed by atoms with Gasteiger partial charge in [0.15, 0.2) is 5.69 Å². The second-order valence-corrected chi connectivity index (χ2v) is 5.44. The fourth-order valence-electron chi connectivity index (χ4n) is 2.56. The number of rotatable bonds is 5. The van der Waals surface area contributed by atoms with Gasteiger partial charge in [-0.2, -0.15) is 0 Å². The third-order valence-electron chi connectivity index (χ3n) is 3.79. The second kappa shape index (κ2) is 7.64. The number of amides is 2. The zero-order valence-electron chi connectivity index (χ0n) is 14.1. The van der Waals surface area contributed by atoms with E-state index in [4.69, 9.17) is 9.47 Å². The number of ether oxygens (including phenoxy) is 2. The number of nitrogens with zero attached hydrogens (tertiary/aromatic N) is 1. The molecule has 1 aromatic heterocycles. The molecule has 8 nitrogen and oxygen atoms in total. The first-order valence-corrected chi connectivity index (χ1v) is 8.05. The highest BCUT2D eigenvalue weighted by Crippen LogP contribution is 2.17. The van der Waals surface area contributed by atoms with Crippen molar-refractivity contribution >= 4 is 28.7 Å². The number of esters is 2. The van der Waals surface area contributed by atoms with Crippen LogP contribution in [0.15, 0.2) is 47.8 Å². The molecule has 0 radical (unpaired) electrons. The molecule has 3 rings (SSSR count). The predicted octanol–water partition coefficient (Wildman–Crippen LogP) is 1.52. The number of fused-ring (bicyclic) bond motifs is 1. The fraction of sp³-hybridized carbons (Fsp3) is 0.222. The van der Waals surface area contributed by atoms with Gasteiger partial charge in [0.1, 0.15) is 6.61 Å². The lowest BCUT2D eigenvalue weighted by Gasteiger charge is -2.21. The standard InChI is InChI=1S/C18H17N3O5/c1-2-25-16(22)13-9-20-18(24)21-14(13)10-26-17(23)15-12-6-4-3-5-11(12)7-8-19-15/h3-8H,2,9-10H2,1H3,(H2,20,21,24). The van der Waals surface area contributed by atoms with Gasteiger partial charge < -0.3 is 20.1 Å². The molecule has 2 heterocycles. The van der Waals surface area contributed by atoms with Crippen LogP contribution in [0.4, 0.5) is 4.79 Å². The Morgan fingerprint density at radius 3 is 2.77 bits per heavy atom. The number of aromatic nitrogens is 1. The normalized spacial score (nSPS) is 13.8. The summed E-state index contributed by atoms with van der Waals surface area (Å²) in [5.74, 6) is -1.22. The lowest BCUT2D eigenvalue weighted by atomic mass is 10.1. The molecule has 0 atom stereocenters. The maximum Gasteiger partial charge on any atom is 0.357 e. The van der Waals surface area contributed by atoms with E-state index in [0.717, 1.165) is 5.39 Å². The lowest BCUT2D eigenvalue weighted by molar-refractivity contribution is -0.138. The van der Waals surface area contributed by atoms with Gasteiger partial charge in [0.05, 0.1) is 24.4 Å². The van der Waals surface area contributed by atoms with Crippen LogP contribution < -0.4 is 10.6 Å². The number of nitrogens with one attached hydrogen (secondary N) is 2. The van der Waals surface area contributed by atoms with Crippen molar-refractivity contribution in [2.24, 2.45) is 0 Å². The topological polar surface area (TPSA) is 107 Å². The van der Waals surface area contributed by atoms with Crippen LogP contribution in [-0.2, 0) is 14.3 Å². The van der Waals surface area contributed by atoms with Crippen LogP contribution in [0.25, 0.3) is 10.8 Å². The van der Waals surface area contributed by atoms with E-state index in [1.54, 1.807) is 25.1 Å². The molecule has 2 amide bonds. The number of pyridine rings is 1. The summed E-state index contributed by atoms with van der Waals surface area (Å²) in [5.41, 5.74) is 0.576. The van der Waals surface area contributed by atoms with E-state index in [-0.39, 0.29) is 36.7 Å². The Hall–Kier alpha value is -3.42. The molecule has 2 aromatic rings. The molecule has 1 aliphatic heterocycles. The minimum absolute atomic E-state index is 0.00404. The van der Waals surface area contributed by atoms with Crippen LogP contribution in [0, 0.1) is 0 Å². The van der Waals surface area contributed by atoms with Crippen molar-refractivity contribution in [1.29, 1.82) is 0 Å². The third kappa shape index (κ3) is 3.64. The zero-order valence-corrected chi connectivity index (χ0v) is 14.1. The Kier molecular flexibility index (Phi) is 5.12. The molecule has 0 saturated carbocycles. The summed E-state index contributed by atoms with van der Waals surface area (Å²) >= 11 is 0. The summed E-state index contributed by atoms with van der Waals surface area (Å²) in [6, 6.07) is 8.61. The molecule has 26 heavy (non-hydrogen) atoms. The summed E-state index contributed by atoms with van der Waals surface area (Å²) in [6.07, 6.45) is 1.52. The van der Waals surface area contributed by atoms with E-state index < -0.39 is 18.0 Å². The molecule has 8 heteroatoms.